The molecule has 0 heterocycles. The van der Waals surface area contributed by atoms with E-state index in [2.05, 4.69) is 10.1 Å². The molecule has 0 aliphatic heterocycles. The van der Waals surface area contributed by atoms with Gasteiger partial charge in [-0.1, -0.05) is 0 Å². The average Bonchev–Trinajstić information content (AvgIpc) is 2.19. The van der Waals surface area contributed by atoms with Crippen LogP contribution in [0, 0.1) is 0 Å². The Bertz CT molecular complexity index is 190. The zero-order valence-electron chi connectivity index (χ0n) is 8.53. The Morgan fingerprint density at radius 1 is 1.29 bits per heavy atom. The summed E-state index contributed by atoms with van der Waals surface area (Å²) in [6.07, 6.45) is -0.562. The summed E-state index contributed by atoms with van der Waals surface area (Å²) in [5.74, 6) is -1.70. The maximum absolute atomic E-state index is 11.0. The average molecular weight is 205 g/mol. The van der Waals surface area contributed by atoms with Crippen LogP contribution in [-0.2, 0) is 23.8 Å². The van der Waals surface area contributed by atoms with Crippen molar-refractivity contribution in [2.45, 2.75) is 13.2 Å². The number of carbonyl (C=O) groups is 2. The van der Waals surface area contributed by atoms with Gasteiger partial charge in [0.05, 0.1) is 13.2 Å². The van der Waals surface area contributed by atoms with Crippen LogP contribution in [0.3, 0.4) is 0 Å². The molecule has 0 saturated carbocycles. The van der Waals surface area contributed by atoms with Crippen LogP contribution in [-0.4, -0.2) is 45.5 Å². The van der Waals surface area contributed by atoms with Crippen molar-refractivity contribution in [3.05, 3.63) is 0 Å². The standard InChI is InChI=1S/C8H15NO5/c1-4-14-8(11)7(10)9-5-6(12-2)13-3/h6H,4-5H2,1-3H3,(H,9,10). The Morgan fingerprint density at radius 2 is 1.86 bits per heavy atom. The molecule has 0 spiro atoms. The number of hydrogen-bond donors (Lipinski definition) is 1. The molecule has 0 unspecified atom stereocenters. The second-order valence-electron chi connectivity index (χ2n) is 2.33. The zero-order chi connectivity index (χ0) is 11.0. The van der Waals surface area contributed by atoms with E-state index >= 15 is 0 Å². The Morgan fingerprint density at radius 3 is 2.29 bits per heavy atom. The van der Waals surface area contributed by atoms with E-state index in [0.29, 0.717) is 0 Å². The van der Waals surface area contributed by atoms with Crippen molar-refractivity contribution >= 4 is 11.9 Å². The summed E-state index contributed by atoms with van der Waals surface area (Å²) in [6, 6.07) is 0. The highest BCUT2D eigenvalue weighted by atomic mass is 16.7. The maximum atomic E-state index is 11.0. The fraction of sp³-hybridized carbons (Fsp3) is 0.750. The zero-order valence-corrected chi connectivity index (χ0v) is 8.53. The third-order valence-corrected chi connectivity index (χ3v) is 1.42. The lowest BCUT2D eigenvalue weighted by Crippen LogP contribution is -2.38. The molecule has 1 N–H and O–H groups in total. The van der Waals surface area contributed by atoms with Gasteiger partial charge in [-0.2, -0.15) is 0 Å². The van der Waals surface area contributed by atoms with Gasteiger partial charge in [0.15, 0.2) is 6.29 Å². The van der Waals surface area contributed by atoms with Crippen LogP contribution in [0.2, 0.25) is 0 Å². The van der Waals surface area contributed by atoms with Crippen molar-refractivity contribution in [2.24, 2.45) is 0 Å². The van der Waals surface area contributed by atoms with Crippen LogP contribution >= 0.6 is 0 Å². The van der Waals surface area contributed by atoms with Crippen LogP contribution in [0.25, 0.3) is 0 Å². The number of amides is 1. The highest BCUT2D eigenvalue weighted by molar-refractivity contribution is 6.32. The van der Waals surface area contributed by atoms with Gasteiger partial charge in [0.2, 0.25) is 0 Å². The fourth-order valence-corrected chi connectivity index (χ4v) is 0.708. The van der Waals surface area contributed by atoms with E-state index in [1.165, 1.54) is 14.2 Å². The molecular formula is C8H15NO5. The van der Waals surface area contributed by atoms with Gasteiger partial charge in [0.25, 0.3) is 0 Å². The molecule has 0 bridgehead atoms. The number of methoxy groups -OCH3 is 2. The first-order chi connectivity index (χ1) is 6.65. The quantitative estimate of drug-likeness (QED) is 0.364. The Balaban J connectivity index is 3.77. The molecular weight excluding hydrogens is 190 g/mol. The van der Waals surface area contributed by atoms with E-state index in [4.69, 9.17) is 9.47 Å². The monoisotopic (exact) mass is 205 g/mol. The van der Waals surface area contributed by atoms with Crippen molar-refractivity contribution in [3.63, 3.8) is 0 Å². The van der Waals surface area contributed by atoms with Gasteiger partial charge in [0, 0.05) is 14.2 Å². The van der Waals surface area contributed by atoms with Gasteiger partial charge in [-0.15, -0.1) is 0 Å². The molecule has 0 aromatic heterocycles. The van der Waals surface area contributed by atoms with E-state index < -0.39 is 18.2 Å². The summed E-state index contributed by atoms with van der Waals surface area (Å²) in [5, 5.41) is 2.31. The van der Waals surface area contributed by atoms with Crippen LogP contribution in [0.4, 0.5) is 0 Å². The van der Waals surface area contributed by atoms with Crippen molar-refractivity contribution < 1.29 is 23.8 Å². The van der Waals surface area contributed by atoms with Crippen LogP contribution in [0.5, 0.6) is 0 Å². The molecule has 0 fully saturated rings. The first-order valence-corrected chi connectivity index (χ1v) is 4.16. The molecule has 0 aromatic rings. The molecule has 0 aliphatic carbocycles. The van der Waals surface area contributed by atoms with Gasteiger partial charge in [0.1, 0.15) is 0 Å². The highest BCUT2D eigenvalue weighted by Gasteiger charge is 2.15. The normalized spacial score (nSPS) is 10.0. The highest BCUT2D eigenvalue weighted by Crippen LogP contribution is 1.88. The minimum absolute atomic E-state index is 0.102. The van der Waals surface area contributed by atoms with Crippen molar-refractivity contribution in [2.75, 3.05) is 27.4 Å². The Kier molecular flexibility index (Phi) is 6.69. The summed E-state index contributed by atoms with van der Waals surface area (Å²) in [7, 11) is 2.87. The van der Waals surface area contributed by atoms with E-state index in [1.54, 1.807) is 6.92 Å². The Labute approximate surface area is 82.5 Å². The SMILES string of the molecule is CCOC(=O)C(=O)NCC(OC)OC. The molecule has 0 radical (unpaired) electrons. The lowest BCUT2D eigenvalue weighted by molar-refractivity contribution is -0.156. The number of esters is 1. The summed E-state index contributed by atoms with van der Waals surface area (Å²) in [6.45, 7) is 1.90. The summed E-state index contributed by atoms with van der Waals surface area (Å²) in [4.78, 5) is 21.8. The van der Waals surface area contributed by atoms with E-state index in [9.17, 15) is 9.59 Å². The molecule has 1 amide bonds. The lowest BCUT2D eigenvalue weighted by atomic mass is 10.5. The van der Waals surface area contributed by atoms with Crippen LogP contribution in [0.15, 0.2) is 0 Å². The minimum Gasteiger partial charge on any atom is -0.459 e. The van der Waals surface area contributed by atoms with Crippen LogP contribution < -0.4 is 5.32 Å². The third kappa shape index (κ3) is 4.78. The van der Waals surface area contributed by atoms with E-state index in [-0.39, 0.29) is 13.2 Å². The number of hydrogen-bond acceptors (Lipinski definition) is 5. The molecule has 0 rings (SSSR count). The number of carbonyl (C=O) groups excluding carboxylic acids is 2. The summed E-state index contributed by atoms with van der Waals surface area (Å²) >= 11 is 0. The lowest BCUT2D eigenvalue weighted by Gasteiger charge is -2.13. The molecule has 0 aliphatic rings. The topological polar surface area (TPSA) is 73.9 Å². The van der Waals surface area contributed by atoms with E-state index in [0.717, 1.165) is 0 Å². The summed E-state index contributed by atoms with van der Waals surface area (Å²) < 4.78 is 14.1. The van der Waals surface area contributed by atoms with Crippen molar-refractivity contribution in [3.8, 4) is 0 Å². The molecule has 6 nitrogen and oxygen atoms in total. The first kappa shape index (κ1) is 12.9. The third-order valence-electron chi connectivity index (χ3n) is 1.42. The second-order valence-corrected chi connectivity index (χ2v) is 2.33. The predicted octanol–water partition coefficient (Wildman–Crippen LogP) is -0.715. The predicted molar refractivity (Wildman–Crippen MR) is 47.4 cm³/mol. The maximum Gasteiger partial charge on any atom is 0.396 e. The minimum atomic E-state index is -0.904. The number of nitrogens with one attached hydrogen (secondary N) is 1. The first-order valence-electron chi connectivity index (χ1n) is 4.16. The van der Waals surface area contributed by atoms with Gasteiger partial charge >= 0.3 is 11.9 Å². The fourth-order valence-electron chi connectivity index (χ4n) is 0.708. The van der Waals surface area contributed by atoms with Gasteiger partial charge < -0.3 is 19.5 Å². The van der Waals surface area contributed by atoms with Gasteiger partial charge in [-0.25, -0.2) is 4.79 Å². The molecule has 14 heavy (non-hydrogen) atoms. The van der Waals surface area contributed by atoms with Crippen LogP contribution in [0.1, 0.15) is 6.92 Å². The largest absolute Gasteiger partial charge is 0.459 e. The molecule has 82 valence electrons. The van der Waals surface area contributed by atoms with Crippen molar-refractivity contribution in [1.82, 2.24) is 5.32 Å². The summed E-state index contributed by atoms with van der Waals surface area (Å²) in [5.41, 5.74) is 0. The second kappa shape index (κ2) is 7.28. The number of rotatable bonds is 5. The smallest absolute Gasteiger partial charge is 0.396 e. The van der Waals surface area contributed by atoms with Gasteiger partial charge in [-0.05, 0) is 6.92 Å². The molecule has 6 heteroatoms. The Hall–Kier alpha value is -1.14. The van der Waals surface area contributed by atoms with Gasteiger partial charge in [-0.3, -0.25) is 4.79 Å². The number of ether oxygens (including phenoxy) is 3. The molecule has 0 atom stereocenters. The van der Waals surface area contributed by atoms with E-state index in [1.807, 2.05) is 0 Å². The molecule has 0 aromatic carbocycles. The molecule has 0 saturated heterocycles. The van der Waals surface area contributed by atoms with Crippen molar-refractivity contribution in [1.29, 1.82) is 0 Å².